The molecule has 4 N–H and O–H groups in total. The summed E-state index contributed by atoms with van der Waals surface area (Å²) < 4.78 is 0. The van der Waals surface area contributed by atoms with E-state index in [2.05, 4.69) is 31.2 Å². The lowest BCUT2D eigenvalue weighted by Crippen LogP contribution is -2.40. The molecule has 2 aromatic carbocycles. The summed E-state index contributed by atoms with van der Waals surface area (Å²) in [5.41, 5.74) is 15.6. The molecule has 5 heteroatoms. The van der Waals surface area contributed by atoms with Crippen LogP contribution in [0.3, 0.4) is 0 Å². The van der Waals surface area contributed by atoms with E-state index < -0.39 is 11.7 Å². The molecule has 0 unspecified atom stereocenters. The van der Waals surface area contributed by atoms with Gasteiger partial charge in [-0.05, 0) is 41.5 Å². The van der Waals surface area contributed by atoms with Gasteiger partial charge in [-0.15, -0.1) is 0 Å². The van der Waals surface area contributed by atoms with E-state index in [4.69, 9.17) is 16.5 Å². The second-order valence-corrected chi connectivity index (χ2v) is 8.57. The number of aliphatic imine (C=N–C) groups is 1. The number of amides is 1. The molecule has 5 nitrogen and oxygen atoms in total. The Balaban J connectivity index is 1.55. The minimum atomic E-state index is -0.511. The maximum absolute atomic E-state index is 13.3. The zero-order chi connectivity index (χ0) is 21.1. The number of nitrogens with two attached hydrogens (primary N) is 2. The average molecular weight is 405 g/mol. The molecule has 1 spiro atoms. The van der Waals surface area contributed by atoms with Gasteiger partial charge < -0.3 is 11.5 Å². The van der Waals surface area contributed by atoms with Crippen LogP contribution in [0.25, 0.3) is 11.1 Å². The van der Waals surface area contributed by atoms with Crippen LogP contribution in [-0.4, -0.2) is 22.2 Å². The van der Waals surface area contributed by atoms with E-state index in [1.54, 1.807) is 0 Å². The number of amidine groups is 1. The summed E-state index contributed by atoms with van der Waals surface area (Å²) in [6.45, 7) is 2.76. The van der Waals surface area contributed by atoms with Gasteiger partial charge in [-0.1, -0.05) is 74.7 Å². The van der Waals surface area contributed by atoms with Crippen LogP contribution in [0.2, 0.25) is 0 Å². The van der Waals surface area contributed by atoms with Crippen molar-refractivity contribution in [3.63, 3.8) is 0 Å². The van der Waals surface area contributed by atoms with Gasteiger partial charge >= 0.3 is 0 Å². The minimum absolute atomic E-state index is 0.203. The number of nitrogens with zero attached hydrogens (tertiary/aromatic N) is 2. The molecule has 4 rings (SSSR count). The second kappa shape index (κ2) is 8.70. The van der Waals surface area contributed by atoms with Crippen molar-refractivity contribution in [3.8, 4) is 11.1 Å². The van der Waals surface area contributed by atoms with E-state index in [1.807, 2.05) is 29.2 Å². The van der Waals surface area contributed by atoms with Crippen molar-refractivity contribution in [1.82, 2.24) is 4.90 Å². The van der Waals surface area contributed by atoms with Crippen molar-refractivity contribution < 1.29 is 4.79 Å². The highest BCUT2D eigenvalue weighted by Gasteiger charge is 2.49. The van der Waals surface area contributed by atoms with Gasteiger partial charge in [0, 0.05) is 6.42 Å². The maximum atomic E-state index is 13.3. The first-order chi connectivity index (χ1) is 14.5. The molecule has 0 radical (unpaired) electrons. The van der Waals surface area contributed by atoms with Crippen LogP contribution in [0.5, 0.6) is 0 Å². The van der Waals surface area contributed by atoms with Crippen molar-refractivity contribution in [2.75, 3.05) is 0 Å². The first-order valence-corrected chi connectivity index (χ1v) is 11.1. The van der Waals surface area contributed by atoms with Crippen molar-refractivity contribution in [2.45, 2.75) is 70.1 Å². The molecule has 1 saturated carbocycles. The Hall–Kier alpha value is -2.50. The van der Waals surface area contributed by atoms with Gasteiger partial charge in [-0.2, -0.15) is 0 Å². The zero-order valence-electron chi connectivity index (χ0n) is 17.8. The minimum Gasteiger partial charge on any atom is -0.312 e. The number of carbonyl (C=O) groups is 1. The fourth-order valence-electron chi connectivity index (χ4n) is 4.72. The van der Waals surface area contributed by atoms with Gasteiger partial charge in [0.15, 0.2) is 0 Å². The molecule has 0 atom stereocenters. The standard InChI is InChI=1S/C25H32N4O/c1-2-3-10-22-28-25(15-6-7-16-25)24(30)29(22)17-18-11-13-19(14-12-18)20-8-4-5-9-21(20)23(26)27/h4-5,8-9,11-14,23H,2-3,6-7,10,15-17,26-27H2,1H3. The number of unbranched alkanes of at least 4 members (excludes halogenated alkanes) is 1. The highest BCUT2D eigenvalue weighted by atomic mass is 16.2. The zero-order valence-corrected chi connectivity index (χ0v) is 17.8. The molecule has 1 aliphatic carbocycles. The normalized spacial score (nSPS) is 17.9. The predicted molar refractivity (Wildman–Crippen MR) is 122 cm³/mol. The number of carbonyl (C=O) groups excluding carboxylic acids is 1. The van der Waals surface area contributed by atoms with Crippen LogP contribution in [0.4, 0.5) is 0 Å². The molecule has 0 bridgehead atoms. The monoisotopic (exact) mass is 404 g/mol. The van der Waals surface area contributed by atoms with E-state index in [9.17, 15) is 4.79 Å². The van der Waals surface area contributed by atoms with Crippen LogP contribution in [0, 0.1) is 0 Å². The third-order valence-corrected chi connectivity index (χ3v) is 6.41. The summed E-state index contributed by atoms with van der Waals surface area (Å²) in [7, 11) is 0. The lowest BCUT2D eigenvalue weighted by molar-refractivity contribution is -0.131. The van der Waals surface area contributed by atoms with Gasteiger partial charge in [0.05, 0.1) is 12.7 Å². The summed E-state index contributed by atoms with van der Waals surface area (Å²) >= 11 is 0. The van der Waals surface area contributed by atoms with Crippen molar-refractivity contribution in [1.29, 1.82) is 0 Å². The smallest absolute Gasteiger partial charge is 0.256 e. The summed E-state index contributed by atoms with van der Waals surface area (Å²) in [6, 6.07) is 16.3. The Bertz CT molecular complexity index is 926. The molecule has 0 aromatic heterocycles. The first-order valence-electron chi connectivity index (χ1n) is 11.1. The van der Waals surface area contributed by atoms with E-state index in [1.165, 1.54) is 0 Å². The molecule has 1 heterocycles. The Labute approximate surface area is 179 Å². The van der Waals surface area contributed by atoms with Gasteiger partial charge in [-0.25, -0.2) is 0 Å². The second-order valence-electron chi connectivity index (χ2n) is 8.57. The number of rotatable bonds is 7. The summed E-state index contributed by atoms with van der Waals surface area (Å²) in [4.78, 5) is 20.2. The third-order valence-electron chi connectivity index (χ3n) is 6.41. The van der Waals surface area contributed by atoms with E-state index in [0.717, 1.165) is 73.0 Å². The van der Waals surface area contributed by atoms with Crippen LogP contribution in [0.15, 0.2) is 53.5 Å². The number of hydrogen-bond acceptors (Lipinski definition) is 4. The molecule has 2 aromatic rings. The molecular formula is C25H32N4O. The average Bonchev–Trinajstić information content (AvgIpc) is 3.33. The molecule has 158 valence electrons. The molecule has 30 heavy (non-hydrogen) atoms. The molecule has 2 aliphatic rings. The van der Waals surface area contributed by atoms with Gasteiger partial charge in [0.1, 0.15) is 11.4 Å². The van der Waals surface area contributed by atoms with Crippen molar-refractivity contribution in [2.24, 2.45) is 16.5 Å². The van der Waals surface area contributed by atoms with Crippen molar-refractivity contribution in [3.05, 3.63) is 59.7 Å². The van der Waals surface area contributed by atoms with Gasteiger partial charge in [0.2, 0.25) is 0 Å². The molecule has 1 amide bonds. The van der Waals surface area contributed by atoms with Crippen LogP contribution < -0.4 is 11.5 Å². The largest absolute Gasteiger partial charge is 0.312 e. The number of benzene rings is 2. The van der Waals surface area contributed by atoms with Gasteiger partial charge in [-0.3, -0.25) is 14.7 Å². The molecule has 1 aliphatic heterocycles. The lowest BCUT2D eigenvalue weighted by atomic mass is 9.96. The SMILES string of the molecule is CCCCC1=NC2(CCCC2)C(=O)N1Cc1ccc(-c2ccccc2C(N)N)cc1. The number of hydrogen-bond donors (Lipinski definition) is 2. The highest BCUT2D eigenvalue weighted by molar-refractivity contribution is 6.08. The van der Waals surface area contributed by atoms with E-state index >= 15 is 0 Å². The Morgan fingerprint density at radius 3 is 2.43 bits per heavy atom. The summed E-state index contributed by atoms with van der Waals surface area (Å²) in [5, 5.41) is 0. The summed E-state index contributed by atoms with van der Waals surface area (Å²) in [6.07, 6.45) is 6.52. The maximum Gasteiger partial charge on any atom is 0.256 e. The van der Waals surface area contributed by atoms with Gasteiger partial charge in [0.25, 0.3) is 5.91 Å². The Kier molecular flexibility index (Phi) is 6.02. The summed E-state index contributed by atoms with van der Waals surface area (Å²) in [5.74, 6) is 1.18. The Morgan fingerprint density at radius 1 is 1.07 bits per heavy atom. The van der Waals surface area contributed by atoms with Crippen LogP contribution in [-0.2, 0) is 11.3 Å². The quantitative estimate of drug-likeness (QED) is 0.666. The lowest BCUT2D eigenvalue weighted by Gasteiger charge is -2.23. The van der Waals surface area contributed by atoms with E-state index in [0.29, 0.717) is 6.54 Å². The van der Waals surface area contributed by atoms with Crippen molar-refractivity contribution >= 4 is 11.7 Å². The first kappa shape index (κ1) is 20.8. The van der Waals surface area contributed by atoms with Crippen LogP contribution in [0.1, 0.15) is 69.2 Å². The fraction of sp³-hybridized carbons (Fsp3) is 0.440. The molecule has 0 saturated heterocycles. The van der Waals surface area contributed by atoms with E-state index in [-0.39, 0.29) is 5.91 Å². The van der Waals surface area contributed by atoms with Crippen LogP contribution >= 0.6 is 0 Å². The third kappa shape index (κ3) is 3.92. The molecular weight excluding hydrogens is 372 g/mol. The predicted octanol–water partition coefficient (Wildman–Crippen LogP) is 4.51. The molecule has 1 fully saturated rings. The Morgan fingerprint density at radius 2 is 1.77 bits per heavy atom. The fourth-order valence-corrected chi connectivity index (χ4v) is 4.72. The topological polar surface area (TPSA) is 84.7 Å². The highest BCUT2D eigenvalue weighted by Crippen LogP contribution is 2.40.